The van der Waals surface area contributed by atoms with E-state index in [0.717, 1.165) is 0 Å². The van der Waals surface area contributed by atoms with E-state index in [4.69, 9.17) is 9.47 Å². The van der Waals surface area contributed by atoms with Crippen LogP contribution in [-0.2, 0) is 11.2 Å². The topological polar surface area (TPSA) is 110 Å². The predicted octanol–water partition coefficient (Wildman–Crippen LogP) is 1.98. The van der Waals surface area contributed by atoms with E-state index in [-0.39, 0.29) is 33.6 Å². The fraction of sp³-hybridized carbons (Fsp3) is 0.211. The highest BCUT2D eigenvalue weighted by molar-refractivity contribution is 6.31. The number of hydrogen-bond donors (Lipinski definition) is 2. The Morgan fingerprint density at radius 2 is 1.69 bits per heavy atom. The van der Waals surface area contributed by atoms with Gasteiger partial charge >= 0.3 is 5.97 Å². The average Bonchev–Trinajstić information content (AvgIpc) is 2.57. The van der Waals surface area contributed by atoms with Crippen molar-refractivity contribution < 1.29 is 34.1 Å². The summed E-state index contributed by atoms with van der Waals surface area (Å²) in [6, 6.07) is 4.02. The van der Waals surface area contributed by atoms with Crippen LogP contribution in [0.15, 0.2) is 18.2 Å². The molecule has 2 aromatic rings. The van der Waals surface area contributed by atoms with E-state index in [2.05, 4.69) is 0 Å². The standard InChI is InChI=1S/C19H14O7/c1-7-3-8-4-10-15(17(22)13(8)19(24)26-7)18(23)14-11(16(10)21)5-9(25-2)6-12(14)20/h4-7,20,22H,3H2,1-2H3/t7-/m0/s1. The van der Waals surface area contributed by atoms with Crippen LogP contribution >= 0.6 is 0 Å². The van der Waals surface area contributed by atoms with Crippen molar-refractivity contribution in [2.24, 2.45) is 0 Å². The van der Waals surface area contributed by atoms with E-state index in [1.165, 1.54) is 25.3 Å². The number of methoxy groups -OCH3 is 1. The number of ether oxygens (including phenoxy) is 2. The summed E-state index contributed by atoms with van der Waals surface area (Å²) in [4.78, 5) is 38.0. The van der Waals surface area contributed by atoms with Crippen LogP contribution in [0.2, 0.25) is 0 Å². The molecule has 1 aliphatic carbocycles. The van der Waals surface area contributed by atoms with Gasteiger partial charge in [0.25, 0.3) is 0 Å². The maximum atomic E-state index is 12.9. The lowest BCUT2D eigenvalue weighted by Crippen LogP contribution is -2.28. The van der Waals surface area contributed by atoms with E-state index in [0.29, 0.717) is 12.0 Å². The minimum Gasteiger partial charge on any atom is -0.507 e. The minimum absolute atomic E-state index is 0.00620. The molecule has 1 aliphatic heterocycles. The van der Waals surface area contributed by atoms with Crippen LogP contribution in [0.1, 0.15) is 54.7 Å². The number of ketones is 2. The van der Waals surface area contributed by atoms with Crippen molar-refractivity contribution in [2.75, 3.05) is 7.11 Å². The first-order chi connectivity index (χ1) is 12.3. The fourth-order valence-corrected chi connectivity index (χ4v) is 3.52. The van der Waals surface area contributed by atoms with Crippen LogP contribution in [0.3, 0.4) is 0 Å². The van der Waals surface area contributed by atoms with Gasteiger partial charge in [-0.2, -0.15) is 0 Å². The summed E-state index contributed by atoms with van der Waals surface area (Å²) in [6.07, 6.45) is -0.0853. The van der Waals surface area contributed by atoms with Crippen molar-refractivity contribution in [3.8, 4) is 17.2 Å². The van der Waals surface area contributed by atoms with Gasteiger partial charge in [0.2, 0.25) is 5.78 Å². The lowest BCUT2D eigenvalue weighted by molar-refractivity contribution is 0.0296. The molecule has 2 N–H and O–H groups in total. The number of rotatable bonds is 1. The number of phenolic OH excluding ortho intramolecular Hbond substituents is 2. The normalized spacial score (nSPS) is 17.9. The van der Waals surface area contributed by atoms with Crippen molar-refractivity contribution in [3.63, 3.8) is 0 Å². The van der Waals surface area contributed by atoms with E-state index in [1.54, 1.807) is 6.92 Å². The van der Waals surface area contributed by atoms with Gasteiger partial charge in [0, 0.05) is 23.6 Å². The molecule has 0 saturated heterocycles. The van der Waals surface area contributed by atoms with Crippen LogP contribution in [0.25, 0.3) is 0 Å². The highest BCUT2D eigenvalue weighted by Crippen LogP contribution is 2.42. The van der Waals surface area contributed by atoms with Gasteiger partial charge in [-0.15, -0.1) is 0 Å². The first kappa shape index (κ1) is 16.1. The third kappa shape index (κ3) is 2.03. The zero-order valence-electron chi connectivity index (χ0n) is 14.0. The summed E-state index contributed by atoms with van der Waals surface area (Å²) >= 11 is 0. The van der Waals surface area contributed by atoms with Crippen LogP contribution < -0.4 is 4.74 Å². The number of benzene rings is 2. The second-order valence-electron chi connectivity index (χ2n) is 6.33. The molecule has 0 fully saturated rings. The van der Waals surface area contributed by atoms with Crippen LogP contribution in [0.4, 0.5) is 0 Å². The van der Waals surface area contributed by atoms with Gasteiger partial charge in [0.05, 0.1) is 18.2 Å². The molecule has 0 aromatic heterocycles. The number of phenols is 2. The third-order valence-corrected chi connectivity index (χ3v) is 4.67. The van der Waals surface area contributed by atoms with Gasteiger partial charge < -0.3 is 19.7 Å². The smallest absolute Gasteiger partial charge is 0.342 e. The van der Waals surface area contributed by atoms with Crippen molar-refractivity contribution >= 4 is 17.5 Å². The zero-order chi connectivity index (χ0) is 18.7. The summed E-state index contributed by atoms with van der Waals surface area (Å²) in [7, 11) is 1.37. The molecule has 7 heteroatoms. The molecule has 1 heterocycles. The van der Waals surface area contributed by atoms with Gasteiger partial charge in [-0.1, -0.05) is 0 Å². The number of aromatic hydroxyl groups is 2. The summed E-state index contributed by atoms with van der Waals surface area (Å²) in [5.74, 6) is -2.81. The van der Waals surface area contributed by atoms with Crippen LogP contribution in [0, 0.1) is 0 Å². The van der Waals surface area contributed by atoms with E-state index in [1.807, 2.05) is 0 Å². The average molecular weight is 354 g/mol. The van der Waals surface area contributed by atoms with E-state index >= 15 is 0 Å². The molecule has 26 heavy (non-hydrogen) atoms. The lowest BCUT2D eigenvalue weighted by atomic mass is 9.80. The number of carbonyl (C=O) groups is 3. The number of cyclic esters (lactones) is 1. The molecule has 0 unspecified atom stereocenters. The van der Waals surface area contributed by atoms with Gasteiger partial charge in [-0.05, 0) is 24.6 Å². The summed E-state index contributed by atoms with van der Waals surface area (Å²) in [6.45, 7) is 1.70. The van der Waals surface area contributed by atoms with Crippen molar-refractivity contribution in [1.82, 2.24) is 0 Å². The predicted molar refractivity (Wildman–Crippen MR) is 88.2 cm³/mol. The second-order valence-corrected chi connectivity index (χ2v) is 6.33. The Morgan fingerprint density at radius 3 is 2.38 bits per heavy atom. The quantitative estimate of drug-likeness (QED) is 0.643. The fourth-order valence-electron chi connectivity index (χ4n) is 3.52. The third-order valence-electron chi connectivity index (χ3n) is 4.67. The Bertz CT molecular complexity index is 1020. The Morgan fingerprint density at radius 1 is 1.00 bits per heavy atom. The Balaban J connectivity index is 2.01. The summed E-state index contributed by atoms with van der Waals surface area (Å²) in [5, 5.41) is 20.7. The molecular formula is C19H14O7. The number of carbonyl (C=O) groups excluding carboxylic acids is 3. The highest BCUT2D eigenvalue weighted by Gasteiger charge is 2.39. The zero-order valence-corrected chi connectivity index (χ0v) is 14.0. The van der Waals surface area contributed by atoms with Gasteiger partial charge in [-0.25, -0.2) is 4.79 Å². The Kier molecular flexibility index (Phi) is 3.30. The molecule has 132 valence electrons. The van der Waals surface area contributed by atoms with Crippen molar-refractivity contribution in [3.05, 3.63) is 51.6 Å². The monoisotopic (exact) mass is 354 g/mol. The molecule has 0 saturated carbocycles. The van der Waals surface area contributed by atoms with E-state index in [9.17, 15) is 24.6 Å². The maximum absolute atomic E-state index is 12.9. The van der Waals surface area contributed by atoms with Gasteiger partial charge in [0.15, 0.2) is 5.78 Å². The van der Waals surface area contributed by atoms with E-state index < -0.39 is 35.1 Å². The number of fused-ring (bicyclic) bond motifs is 3. The van der Waals surface area contributed by atoms with Crippen molar-refractivity contribution in [1.29, 1.82) is 0 Å². The first-order valence-corrected chi connectivity index (χ1v) is 7.93. The molecule has 2 aromatic carbocycles. The van der Waals surface area contributed by atoms with Gasteiger partial charge in [0.1, 0.15) is 28.9 Å². The summed E-state index contributed by atoms with van der Waals surface area (Å²) in [5.41, 5.74) is -0.205. The highest BCUT2D eigenvalue weighted by atomic mass is 16.5. The second kappa shape index (κ2) is 5.32. The summed E-state index contributed by atoms with van der Waals surface area (Å²) < 4.78 is 10.1. The maximum Gasteiger partial charge on any atom is 0.342 e. The molecule has 0 bridgehead atoms. The molecule has 0 amide bonds. The molecule has 1 atom stereocenters. The molecule has 4 rings (SSSR count). The molecule has 0 spiro atoms. The minimum atomic E-state index is -0.746. The Labute approximate surface area is 147 Å². The van der Waals surface area contributed by atoms with Gasteiger partial charge in [-0.3, -0.25) is 9.59 Å². The van der Waals surface area contributed by atoms with Crippen LogP contribution in [0.5, 0.6) is 17.2 Å². The number of hydrogen-bond acceptors (Lipinski definition) is 7. The largest absolute Gasteiger partial charge is 0.507 e. The molecule has 2 aliphatic rings. The molecular weight excluding hydrogens is 340 g/mol. The molecule has 0 radical (unpaired) electrons. The first-order valence-electron chi connectivity index (χ1n) is 7.93. The molecule has 7 nitrogen and oxygen atoms in total. The SMILES string of the molecule is COc1cc(O)c2c(c1)C(=O)c1cc3c(c(O)c1C2=O)C(=O)O[C@@H](C)C3. The lowest BCUT2D eigenvalue weighted by Gasteiger charge is -2.26. The van der Waals surface area contributed by atoms with Crippen LogP contribution in [-0.4, -0.2) is 41.0 Å². The number of esters is 1. The van der Waals surface area contributed by atoms with Crippen molar-refractivity contribution in [2.45, 2.75) is 19.4 Å². The Hall–Kier alpha value is -3.35.